The Morgan fingerprint density at radius 2 is 0.967 bits per heavy atom. The lowest BCUT2D eigenvalue weighted by atomic mass is 10.1. The topological polar surface area (TPSA) is 56.3 Å². The van der Waals surface area contributed by atoms with Crippen molar-refractivity contribution in [2.45, 2.75) is 0 Å². The summed E-state index contributed by atoms with van der Waals surface area (Å²) in [4.78, 5) is 13.9. The number of rotatable bonds is 4. The first kappa shape index (κ1) is 19.0. The Morgan fingerprint density at radius 3 is 1.37 bits per heavy atom. The van der Waals surface area contributed by atoms with E-state index in [0.717, 1.165) is 74.9 Å². The molecule has 0 aliphatic carbocycles. The van der Waals surface area contributed by atoms with Crippen molar-refractivity contribution in [2.24, 2.45) is 0 Å². The van der Waals surface area contributed by atoms with Crippen molar-refractivity contribution in [1.29, 1.82) is 0 Å². The second-order valence-corrected chi connectivity index (χ2v) is 7.86. The molecule has 5 rings (SSSR count). The van der Waals surface area contributed by atoms with Crippen LogP contribution in [0.5, 0.6) is 0 Å². The smallest absolute Gasteiger partial charge is 0.116 e. The van der Waals surface area contributed by atoms with Crippen LogP contribution >= 0.6 is 0 Å². The normalized spacial score (nSPS) is 17.2. The Hall–Kier alpha value is -2.96. The van der Waals surface area contributed by atoms with E-state index in [2.05, 4.69) is 85.0 Å². The fraction of sp³-hybridized carbons (Fsp3) is 0.333. The molecule has 2 aliphatic heterocycles. The van der Waals surface area contributed by atoms with E-state index in [-0.39, 0.29) is 0 Å². The number of anilines is 2. The molecule has 2 aromatic carbocycles. The largest absolute Gasteiger partial charge is 0.369 e. The third kappa shape index (κ3) is 4.15. The van der Waals surface area contributed by atoms with Gasteiger partial charge < -0.3 is 20.4 Å². The van der Waals surface area contributed by atoms with Gasteiger partial charge in [0.2, 0.25) is 0 Å². The molecular formula is C24H28N6. The molecule has 3 heterocycles. The maximum absolute atomic E-state index is 4.52. The van der Waals surface area contributed by atoms with Gasteiger partial charge in [-0.2, -0.15) is 0 Å². The Balaban J connectivity index is 1.33. The molecule has 2 N–H and O–H groups in total. The minimum Gasteiger partial charge on any atom is -0.369 e. The quantitative estimate of drug-likeness (QED) is 0.702. The summed E-state index contributed by atoms with van der Waals surface area (Å²) in [5.41, 5.74) is 6.71. The number of nitrogens with zero attached hydrogens (tertiary/aromatic N) is 4. The summed E-state index contributed by atoms with van der Waals surface area (Å²) in [6, 6.07) is 19.5. The molecule has 0 bridgehead atoms. The van der Waals surface area contributed by atoms with Gasteiger partial charge in [0.25, 0.3) is 0 Å². The average molecular weight is 401 g/mol. The zero-order chi connectivity index (χ0) is 20.2. The van der Waals surface area contributed by atoms with E-state index in [1.807, 2.05) is 0 Å². The van der Waals surface area contributed by atoms with Crippen LogP contribution < -0.4 is 20.4 Å². The zero-order valence-electron chi connectivity index (χ0n) is 17.2. The molecule has 6 heteroatoms. The van der Waals surface area contributed by atoms with E-state index in [1.54, 1.807) is 6.33 Å². The van der Waals surface area contributed by atoms with Crippen LogP contribution in [0.25, 0.3) is 22.5 Å². The number of nitrogens with one attached hydrogen (secondary N) is 2. The third-order valence-electron chi connectivity index (χ3n) is 5.96. The van der Waals surface area contributed by atoms with E-state index in [0.29, 0.717) is 0 Å². The fourth-order valence-electron chi connectivity index (χ4n) is 4.21. The van der Waals surface area contributed by atoms with Crippen molar-refractivity contribution in [2.75, 3.05) is 62.2 Å². The van der Waals surface area contributed by atoms with Gasteiger partial charge in [0.1, 0.15) is 6.33 Å². The van der Waals surface area contributed by atoms with Crippen LogP contribution in [-0.4, -0.2) is 62.3 Å². The lowest BCUT2D eigenvalue weighted by Gasteiger charge is -2.29. The van der Waals surface area contributed by atoms with Crippen LogP contribution in [0.4, 0.5) is 11.4 Å². The monoisotopic (exact) mass is 400 g/mol. The molecule has 0 atom stereocenters. The van der Waals surface area contributed by atoms with Crippen LogP contribution in [0.1, 0.15) is 0 Å². The molecule has 2 aliphatic rings. The SMILES string of the molecule is c1nc(-c2ccc(N3CCNCC3)cc2)cc(-c2ccc(N3CCNCC3)cc2)n1. The Labute approximate surface area is 178 Å². The van der Waals surface area contributed by atoms with Gasteiger partial charge in [-0.25, -0.2) is 9.97 Å². The lowest BCUT2D eigenvalue weighted by molar-refractivity contribution is 0.589. The van der Waals surface area contributed by atoms with Gasteiger partial charge in [-0.3, -0.25) is 0 Å². The highest BCUT2D eigenvalue weighted by atomic mass is 15.2. The molecular weight excluding hydrogens is 372 g/mol. The van der Waals surface area contributed by atoms with E-state index in [9.17, 15) is 0 Å². The number of aromatic nitrogens is 2. The summed E-state index contributed by atoms with van der Waals surface area (Å²) in [5.74, 6) is 0. The summed E-state index contributed by atoms with van der Waals surface area (Å²) in [6.07, 6.45) is 1.67. The number of benzene rings is 2. The van der Waals surface area contributed by atoms with Crippen LogP contribution in [0.3, 0.4) is 0 Å². The first-order valence-electron chi connectivity index (χ1n) is 10.8. The number of hydrogen-bond donors (Lipinski definition) is 2. The Bertz CT molecular complexity index is 881. The summed E-state index contributed by atoms with van der Waals surface area (Å²) >= 11 is 0. The second-order valence-electron chi connectivity index (χ2n) is 7.86. The first-order chi connectivity index (χ1) is 14.9. The lowest BCUT2D eigenvalue weighted by Crippen LogP contribution is -2.43. The summed E-state index contributed by atoms with van der Waals surface area (Å²) in [5, 5.41) is 6.80. The van der Waals surface area contributed by atoms with E-state index in [1.165, 1.54) is 11.4 Å². The van der Waals surface area contributed by atoms with Crippen molar-refractivity contribution in [3.63, 3.8) is 0 Å². The zero-order valence-corrected chi connectivity index (χ0v) is 17.2. The minimum absolute atomic E-state index is 0.957. The average Bonchev–Trinajstić information content (AvgIpc) is 2.85. The van der Waals surface area contributed by atoms with E-state index >= 15 is 0 Å². The van der Waals surface area contributed by atoms with Crippen molar-refractivity contribution >= 4 is 11.4 Å². The van der Waals surface area contributed by atoms with Gasteiger partial charge in [-0.05, 0) is 30.3 Å². The van der Waals surface area contributed by atoms with E-state index in [4.69, 9.17) is 0 Å². The molecule has 0 unspecified atom stereocenters. The van der Waals surface area contributed by atoms with Gasteiger partial charge in [-0.1, -0.05) is 24.3 Å². The van der Waals surface area contributed by atoms with Crippen LogP contribution in [0.15, 0.2) is 60.9 Å². The van der Waals surface area contributed by atoms with Crippen LogP contribution in [0.2, 0.25) is 0 Å². The molecule has 3 aromatic rings. The van der Waals surface area contributed by atoms with Crippen molar-refractivity contribution < 1.29 is 0 Å². The van der Waals surface area contributed by atoms with Gasteiger partial charge in [0, 0.05) is 74.9 Å². The van der Waals surface area contributed by atoms with Gasteiger partial charge in [-0.15, -0.1) is 0 Å². The molecule has 2 fully saturated rings. The molecule has 0 radical (unpaired) electrons. The highest BCUT2D eigenvalue weighted by Gasteiger charge is 2.12. The predicted molar refractivity (Wildman–Crippen MR) is 123 cm³/mol. The maximum atomic E-state index is 4.52. The first-order valence-corrected chi connectivity index (χ1v) is 10.8. The highest BCUT2D eigenvalue weighted by Crippen LogP contribution is 2.26. The van der Waals surface area contributed by atoms with Gasteiger partial charge in [0.05, 0.1) is 11.4 Å². The molecule has 1 aromatic heterocycles. The maximum Gasteiger partial charge on any atom is 0.116 e. The molecule has 0 amide bonds. The third-order valence-corrected chi connectivity index (χ3v) is 5.96. The van der Waals surface area contributed by atoms with E-state index < -0.39 is 0 Å². The Morgan fingerprint density at radius 1 is 0.567 bits per heavy atom. The minimum atomic E-state index is 0.957. The van der Waals surface area contributed by atoms with Crippen molar-refractivity contribution in [3.05, 3.63) is 60.9 Å². The van der Waals surface area contributed by atoms with Gasteiger partial charge in [0.15, 0.2) is 0 Å². The van der Waals surface area contributed by atoms with Crippen molar-refractivity contribution in [1.82, 2.24) is 20.6 Å². The molecule has 154 valence electrons. The molecule has 0 spiro atoms. The molecule has 2 saturated heterocycles. The standard InChI is InChI=1S/C24H28N6/c1-5-21(29-13-9-25-10-14-29)6-2-19(1)23-17-24(28-18-27-23)20-3-7-22(8-4-20)30-15-11-26-12-16-30/h1-8,17-18,25-26H,9-16H2. The Kier molecular flexibility index (Phi) is 5.59. The summed E-state index contributed by atoms with van der Waals surface area (Å²) in [6.45, 7) is 8.41. The molecule has 0 saturated carbocycles. The second kappa shape index (κ2) is 8.81. The number of piperazine rings is 2. The molecule has 30 heavy (non-hydrogen) atoms. The predicted octanol–water partition coefficient (Wildman–Crippen LogP) is 2.63. The fourth-order valence-corrected chi connectivity index (χ4v) is 4.21. The summed E-state index contributed by atoms with van der Waals surface area (Å²) < 4.78 is 0. The van der Waals surface area contributed by atoms with Gasteiger partial charge >= 0.3 is 0 Å². The van der Waals surface area contributed by atoms with Crippen LogP contribution in [0, 0.1) is 0 Å². The molecule has 6 nitrogen and oxygen atoms in total. The highest BCUT2D eigenvalue weighted by molar-refractivity contribution is 5.70. The number of hydrogen-bond acceptors (Lipinski definition) is 6. The summed E-state index contributed by atoms with van der Waals surface area (Å²) in [7, 11) is 0. The van der Waals surface area contributed by atoms with Crippen molar-refractivity contribution in [3.8, 4) is 22.5 Å². The van der Waals surface area contributed by atoms with Crippen LogP contribution in [-0.2, 0) is 0 Å².